The molecule has 0 aliphatic carbocycles. The highest BCUT2D eigenvalue weighted by Gasteiger charge is 2.25. The minimum atomic E-state index is -3.62. The number of anilines is 2. The summed E-state index contributed by atoms with van der Waals surface area (Å²) in [6.45, 7) is 6.01. The molecule has 3 heterocycles. The maximum Gasteiger partial charge on any atom is 0.319 e. The molecule has 1 aliphatic rings. The van der Waals surface area contributed by atoms with Gasteiger partial charge in [0.25, 0.3) is 0 Å². The second-order valence-electron chi connectivity index (χ2n) is 8.09. The molecular weight excluding hydrogens is 470 g/mol. The third kappa shape index (κ3) is 5.72. The third-order valence-electron chi connectivity index (χ3n) is 5.35. The van der Waals surface area contributed by atoms with E-state index < -0.39 is 9.84 Å². The van der Waals surface area contributed by atoms with Crippen molar-refractivity contribution in [3.05, 3.63) is 42.6 Å². The topological polar surface area (TPSA) is 139 Å². The number of pyridine rings is 1. The lowest BCUT2D eigenvalue weighted by atomic mass is 10.2. The van der Waals surface area contributed by atoms with Crippen molar-refractivity contribution in [2.24, 2.45) is 0 Å². The minimum Gasteiger partial charge on any atom is -0.377 e. The molecule has 0 saturated carbocycles. The van der Waals surface area contributed by atoms with E-state index in [-0.39, 0.29) is 22.9 Å². The summed E-state index contributed by atoms with van der Waals surface area (Å²) < 4.78 is 30.3. The molecule has 184 valence electrons. The normalized spacial score (nSPS) is 16.1. The Morgan fingerprint density at radius 1 is 1.14 bits per heavy atom. The van der Waals surface area contributed by atoms with E-state index in [4.69, 9.17) is 9.72 Å². The molecule has 2 aromatic heterocycles. The first-order chi connectivity index (χ1) is 16.8. The van der Waals surface area contributed by atoms with Crippen molar-refractivity contribution < 1.29 is 17.9 Å². The number of carbonyl (C=O) groups is 1. The van der Waals surface area contributed by atoms with Gasteiger partial charge in [0.2, 0.25) is 5.95 Å². The quantitative estimate of drug-likeness (QED) is 0.525. The van der Waals surface area contributed by atoms with Gasteiger partial charge in [-0.25, -0.2) is 23.2 Å². The highest BCUT2D eigenvalue weighted by Crippen LogP contribution is 2.28. The van der Waals surface area contributed by atoms with Crippen LogP contribution in [0.1, 0.15) is 13.8 Å². The number of rotatable bonds is 6. The second kappa shape index (κ2) is 10.3. The van der Waals surface area contributed by atoms with Crippen LogP contribution < -0.4 is 15.5 Å². The first-order valence-corrected chi connectivity index (χ1v) is 13.1. The van der Waals surface area contributed by atoms with E-state index in [1.54, 1.807) is 36.4 Å². The Labute approximate surface area is 203 Å². The molecule has 1 atom stereocenters. The Balaban J connectivity index is 1.80. The van der Waals surface area contributed by atoms with Crippen molar-refractivity contribution in [2.75, 3.05) is 42.8 Å². The van der Waals surface area contributed by atoms with E-state index >= 15 is 0 Å². The third-order valence-corrected chi connectivity index (χ3v) is 6.38. The Bertz CT molecular complexity index is 1320. The molecule has 2 N–H and O–H groups in total. The van der Waals surface area contributed by atoms with Crippen LogP contribution in [0.5, 0.6) is 0 Å². The lowest BCUT2D eigenvalue weighted by Gasteiger charge is -2.33. The van der Waals surface area contributed by atoms with E-state index in [1.165, 1.54) is 6.20 Å². The maximum atomic E-state index is 12.4. The summed E-state index contributed by atoms with van der Waals surface area (Å²) in [6.07, 6.45) is 2.53. The van der Waals surface area contributed by atoms with Gasteiger partial charge in [-0.1, -0.05) is 0 Å². The molecule has 1 aromatic carbocycles. The van der Waals surface area contributed by atoms with Crippen molar-refractivity contribution in [1.82, 2.24) is 25.3 Å². The van der Waals surface area contributed by atoms with Gasteiger partial charge in [0, 0.05) is 36.8 Å². The van der Waals surface area contributed by atoms with Crippen LogP contribution in [0, 0.1) is 0 Å². The van der Waals surface area contributed by atoms with E-state index in [0.29, 0.717) is 54.9 Å². The fourth-order valence-electron chi connectivity index (χ4n) is 3.66. The molecule has 2 amide bonds. The number of hydrogen-bond acceptors (Lipinski definition) is 9. The highest BCUT2D eigenvalue weighted by atomic mass is 32.2. The van der Waals surface area contributed by atoms with Crippen LogP contribution in [-0.2, 0) is 14.6 Å². The number of sulfone groups is 1. The number of nitrogens with one attached hydrogen (secondary N) is 2. The predicted octanol–water partition coefficient (Wildman–Crippen LogP) is 2.37. The summed E-state index contributed by atoms with van der Waals surface area (Å²) in [5, 5.41) is 5.33. The zero-order chi connectivity index (χ0) is 25.0. The molecule has 0 radical (unpaired) electrons. The van der Waals surface area contributed by atoms with Gasteiger partial charge in [-0.15, -0.1) is 0 Å². The van der Waals surface area contributed by atoms with Crippen molar-refractivity contribution in [2.45, 2.75) is 24.9 Å². The Hall–Kier alpha value is -3.64. The SMILES string of the molecule is CCNC(=O)Nc1ccc(-c2nc(-c3cccnc3S(C)(=O)=O)nc(N3CCOCC3C)n2)cc1. The van der Waals surface area contributed by atoms with E-state index in [1.807, 2.05) is 18.7 Å². The molecule has 1 saturated heterocycles. The molecule has 3 aromatic rings. The van der Waals surface area contributed by atoms with Crippen molar-refractivity contribution in [3.8, 4) is 22.8 Å². The van der Waals surface area contributed by atoms with Crippen molar-refractivity contribution >= 4 is 27.5 Å². The average Bonchev–Trinajstić information content (AvgIpc) is 2.84. The molecule has 12 heteroatoms. The molecule has 1 aliphatic heterocycles. The summed E-state index contributed by atoms with van der Waals surface area (Å²) in [5.74, 6) is 1.01. The first-order valence-electron chi connectivity index (χ1n) is 11.2. The molecule has 4 rings (SSSR count). The average molecular weight is 498 g/mol. The molecule has 11 nitrogen and oxygen atoms in total. The highest BCUT2D eigenvalue weighted by molar-refractivity contribution is 7.90. The number of ether oxygens (including phenoxy) is 1. The van der Waals surface area contributed by atoms with Crippen molar-refractivity contribution in [3.63, 3.8) is 0 Å². The lowest BCUT2D eigenvalue weighted by molar-refractivity contribution is 0.0981. The van der Waals surface area contributed by atoms with Gasteiger partial charge in [-0.05, 0) is 50.2 Å². The zero-order valence-electron chi connectivity index (χ0n) is 19.7. The van der Waals surface area contributed by atoms with Crippen LogP contribution in [0.3, 0.4) is 0 Å². The summed E-state index contributed by atoms with van der Waals surface area (Å²) in [7, 11) is -3.62. The zero-order valence-corrected chi connectivity index (χ0v) is 20.5. The summed E-state index contributed by atoms with van der Waals surface area (Å²) in [6, 6.07) is 10.1. The number of aromatic nitrogens is 4. The van der Waals surface area contributed by atoms with Crippen LogP contribution in [0.25, 0.3) is 22.8 Å². The molecule has 1 unspecified atom stereocenters. The van der Waals surface area contributed by atoms with Gasteiger partial charge in [0.1, 0.15) is 0 Å². The van der Waals surface area contributed by atoms with Crippen LogP contribution in [-0.4, -0.2) is 73.0 Å². The molecule has 0 bridgehead atoms. The van der Waals surface area contributed by atoms with E-state index in [0.717, 1.165) is 6.26 Å². The van der Waals surface area contributed by atoms with Gasteiger partial charge in [0.05, 0.1) is 24.8 Å². The molecule has 35 heavy (non-hydrogen) atoms. The monoisotopic (exact) mass is 497 g/mol. The number of urea groups is 1. The molecule has 1 fully saturated rings. The fraction of sp³-hybridized carbons (Fsp3) is 0.348. The summed E-state index contributed by atoms with van der Waals surface area (Å²) in [4.78, 5) is 31.8. The number of amides is 2. The number of carbonyl (C=O) groups excluding carboxylic acids is 1. The lowest BCUT2D eigenvalue weighted by Crippen LogP contribution is -2.44. The largest absolute Gasteiger partial charge is 0.377 e. The second-order valence-corrected chi connectivity index (χ2v) is 10.0. The van der Waals surface area contributed by atoms with Crippen LogP contribution >= 0.6 is 0 Å². The van der Waals surface area contributed by atoms with Crippen LogP contribution in [0.2, 0.25) is 0 Å². The van der Waals surface area contributed by atoms with Gasteiger partial charge >= 0.3 is 6.03 Å². The van der Waals surface area contributed by atoms with Gasteiger partial charge in [-0.3, -0.25) is 0 Å². The number of benzene rings is 1. The van der Waals surface area contributed by atoms with Crippen LogP contribution in [0.15, 0.2) is 47.6 Å². The Morgan fingerprint density at radius 3 is 2.57 bits per heavy atom. The smallest absolute Gasteiger partial charge is 0.319 e. The Kier molecular flexibility index (Phi) is 7.22. The van der Waals surface area contributed by atoms with Gasteiger partial charge < -0.3 is 20.3 Å². The fourth-order valence-corrected chi connectivity index (χ4v) is 4.47. The first kappa shape index (κ1) is 24.5. The molecular formula is C23H27N7O4S. The number of morpholine rings is 1. The molecule has 0 spiro atoms. The predicted molar refractivity (Wildman–Crippen MR) is 132 cm³/mol. The standard InChI is InChI=1S/C23H27N7O4S/c1-4-24-23(31)26-17-9-7-16(8-10-17)19-27-20(18-6-5-11-25-21(18)35(3,32)33)29-22(28-19)30-12-13-34-14-15(30)2/h5-11,15H,4,12-14H2,1-3H3,(H2,24,26,31). The number of nitrogens with zero attached hydrogens (tertiary/aromatic N) is 5. The number of hydrogen-bond donors (Lipinski definition) is 2. The van der Waals surface area contributed by atoms with Gasteiger partial charge in [-0.2, -0.15) is 9.97 Å². The van der Waals surface area contributed by atoms with Gasteiger partial charge in [0.15, 0.2) is 26.5 Å². The van der Waals surface area contributed by atoms with Crippen LogP contribution in [0.4, 0.5) is 16.4 Å². The minimum absolute atomic E-state index is 0.0266. The van der Waals surface area contributed by atoms with E-state index in [9.17, 15) is 13.2 Å². The summed E-state index contributed by atoms with van der Waals surface area (Å²) >= 11 is 0. The van der Waals surface area contributed by atoms with E-state index in [2.05, 4.69) is 25.6 Å². The summed E-state index contributed by atoms with van der Waals surface area (Å²) in [5.41, 5.74) is 1.60. The Morgan fingerprint density at radius 2 is 1.89 bits per heavy atom. The van der Waals surface area contributed by atoms with Crippen molar-refractivity contribution in [1.29, 1.82) is 0 Å². The maximum absolute atomic E-state index is 12.4.